The van der Waals surface area contributed by atoms with Crippen LogP contribution in [0.3, 0.4) is 0 Å². The number of fused-ring (bicyclic) bond motifs is 8. The summed E-state index contributed by atoms with van der Waals surface area (Å²) in [5.74, 6) is -3.68. The summed E-state index contributed by atoms with van der Waals surface area (Å²) in [5, 5.41) is 13.6. The quantitative estimate of drug-likeness (QED) is 0.0377. The number of rotatable bonds is 12. The Hall–Kier alpha value is -13.2. The van der Waals surface area contributed by atoms with Crippen molar-refractivity contribution in [2.75, 3.05) is 66.6 Å². The summed E-state index contributed by atoms with van der Waals surface area (Å²) >= 11 is 3.32. The second kappa shape index (κ2) is 44.1. The number of benzene rings is 8. The molecule has 17 rings (SSSR count). The zero-order valence-corrected chi connectivity index (χ0v) is 83.5. The number of imide groups is 1. The normalized spacial score (nSPS) is 17.1. The molecule has 736 valence electrons. The number of esters is 2. The smallest absolute Gasteiger partial charge is 0.870 e. The van der Waals surface area contributed by atoms with E-state index in [1.165, 1.54) is 14.2 Å². The van der Waals surface area contributed by atoms with Crippen LogP contribution in [0, 0.1) is 0 Å². The van der Waals surface area contributed by atoms with Crippen molar-refractivity contribution in [3.8, 4) is 0 Å². The Balaban J connectivity index is 0.000000173. The number of nitrogens with one attached hydrogen (secondary N) is 1. The molecule has 8 aromatic carbocycles. The second-order valence-electron chi connectivity index (χ2n) is 39.5. The van der Waals surface area contributed by atoms with E-state index >= 15 is 0 Å². The van der Waals surface area contributed by atoms with Gasteiger partial charge in [0.1, 0.15) is 22.4 Å². The van der Waals surface area contributed by atoms with Gasteiger partial charge in [-0.05, 0) is 252 Å². The average molecular weight is 1980 g/mol. The number of carboxylic acid groups (broad SMARTS) is 1. The number of alkyl halides is 1. The first-order chi connectivity index (χ1) is 65.3. The van der Waals surface area contributed by atoms with Gasteiger partial charge in [-0.1, -0.05) is 137 Å². The Morgan fingerprint density at radius 2 is 0.607 bits per heavy atom. The number of halogens is 1. The van der Waals surface area contributed by atoms with Crippen molar-refractivity contribution in [2.45, 2.75) is 217 Å². The zero-order chi connectivity index (χ0) is 99.8. The second-order valence-corrected chi connectivity index (χ2v) is 40.1. The Bertz CT molecular complexity index is 5920. The monoisotopic (exact) mass is 1970 g/mol. The number of carboxylic acids is 1. The fraction of sp³-hybridized carbons (Fsp3) is 0.415. The fourth-order valence-corrected chi connectivity index (χ4v) is 19.3. The van der Waals surface area contributed by atoms with Crippen LogP contribution < -0.4 is 24.2 Å². The minimum Gasteiger partial charge on any atom is -0.870 e. The van der Waals surface area contributed by atoms with Crippen LogP contribution in [0.4, 0.5) is 19.2 Å². The maximum atomic E-state index is 13.6. The molecule has 32 nitrogen and oxygen atoms in total. The molecule has 0 aliphatic carbocycles. The van der Waals surface area contributed by atoms with Gasteiger partial charge in [-0.2, -0.15) is 0 Å². The average Bonchev–Trinajstić information content (AvgIpc) is 1.58. The number of carbonyl (C=O) groups is 14. The molecule has 8 aromatic rings. The van der Waals surface area contributed by atoms with Gasteiger partial charge in [0.05, 0.1) is 58.6 Å². The Kier molecular flexibility index (Phi) is 33.8. The van der Waals surface area contributed by atoms with Gasteiger partial charge in [0.15, 0.2) is 0 Å². The van der Waals surface area contributed by atoms with Crippen molar-refractivity contribution in [3.05, 3.63) is 283 Å². The van der Waals surface area contributed by atoms with Crippen molar-refractivity contribution in [3.63, 3.8) is 0 Å². The molecule has 140 heavy (non-hydrogen) atoms. The van der Waals surface area contributed by atoms with Crippen LogP contribution in [0.1, 0.15) is 275 Å². The predicted octanol–water partition coefficient (Wildman–Crippen LogP) is 14.3. The van der Waals surface area contributed by atoms with E-state index in [0.717, 1.165) is 73.8 Å². The molecule has 9 aliphatic heterocycles. The number of hydrogen-bond acceptors (Lipinski definition) is 22. The number of nitrogens with zero attached hydrogens (tertiary/aromatic N) is 8. The van der Waals surface area contributed by atoms with Gasteiger partial charge in [0.2, 0.25) is 0 Å². The van der Waals surface area contributed by atoms with E-state index in [2.05, 4.69) is 26.0 Å². The largest absolute Gasteiger partial charge is 1.00 e. The molecule has 9 aliphatic rings. The molecule has 34 heteroatoms. The van der Waals surface area contributed by atoms with Crippen LogP contribution in [0.25, 0.3) is 0 Å². The van der Waals surface area contributed by atoms with E-state index in [4.69, 9.17) is 33.6 Å². The summed E-state index contributed by atoms with van der Waals surface area (Å²) < 4.78 is 31.4. The Labute approximate surface area is 835 Å². The first-order valence-corrected chi connectivity index (χ1v) is 47.4. The SMILES string of the molecule is CC(C)(C)OC(=O)N1CCC2(CC1)NC(=O)c1ccccc12.CC(C)(C)OC(=O)N1CCC2(CC1)c1ccccc1C(=O)N2Cc1ccc(C(=O)O)cc1.CC(C)(C)OC(=O)N1CCC2(CC1)c1ccccc1C(=O)N2Cc1ccc(C(=O)ON2C(=O)CCC2=O)cc1.COC(=O)c1ccc(CBr)cc1.COC(=O)c1ccc(CN2C(=O)c3ccccc3C23CCN(C(=O)OC(C)(C)C)CC3)cc1.[Li+].[OH-]. The number of methoxy groups -OCH3 is 2. The molecule has 0 aromatic heterocycles. The van der Waals surface area contributed by atoms with Crippen molar-refractivity contribution in [1.82, 2.24) is 44.7 Å². The molecule has 10 amide bonds. The van der Waals surface area contributed by atoms with Gasteiger partial charge >= 0.3 is 67.1 Å². The molecule has 0 bridgehead atoms. The summed E-state index contributed by atoms with van der Waals surface area (Å²) in [6, 6.07) is 58.3. The molecule has 9 heterocycles. The molecule has 0 atom stereocenters. The molecular weight excluding hydrogens is 1850 g/mol. The van der Waals surface area contributed by atoms with Gasteiger partial charge in [0.25, 0.3) is 35.4 Å². The summed E-state index contributed by atoms with van der Waals surface area (Å²) in [6.07, 6.45) is 3.82. The van der Waals surface area contributed by atoms with Crippen molar-refractivity contribution < 1.29 is 130 Å². The maximum absolute atomic E-state index is 13.6. The first kappa shape index (κ1) is 107. The van der Waals surface area contributed by atoms with Crippen molar-refractivity contribution in [2.24, 2.45) is 0 Å². The zero-order valence-electron chi connectivity index (χ0n) is 82.0. The third-order valence-electron chi connectivity index (χ3n) is 25.8. The van der Waals surface area contributed by atoms with E-state index in [1.807, 2.05) is 219 Å². The number of ether oxygens (including phenoxy) is 6. The molecule has 0 unspecified atom stereocenters. The standard InChI is InChI=1S/C29H31N3O7.C26H30N2O5.C25H28N2O5.C17H22N2O3.C9H9BrO2.Li.H2O/c1-28(2,3)38-27(37)30-16-14-29(15-17-30)22-7-5-4-6-21(22)25(35)31(29)18-19-8-10-20(11-9-19)26(36)39-32-23(33)12-13-24(32)34;1-25(2,3)33-24(31)27-15-13-26(14-16-27)21-8-6-5-7-20(21)22(29)28(26)17-18-9-11-19(12-10-18)23(30)32-4;1-24(2,3)32-23(31)26-14-12-25(13-15-26)20-7-5-4-6-19(20)21(28)27(25)16-17-8-10-18(11-9-17)22(29)30;1-16(2,3)22-15(21)19-10-8-17(9-11-19)13-7-5-4-6-12(13)14(20)18-17;1-12-9(11)8-4-2-7(6-10)3-5-8;;/h4-11H,12-18H2,1-3H3;5-12H,13-17H2,1-4H3;4-11H,12-16H2,1-3H3,(H,29,30);4-7H,8-11H2,1-3H3,(H,18,20);2-5H,6H2,1H3;;1H2/q;;;;;+1;/p-1. The molecular formula is C106H121BrLiN9O23. The Morgan fingerprint density at radius 1 is 0.350 bits per heavy atom. The summed E-state index contributed by atoms with van der Waals surface area (Å²) in [5.41, 5.74) is 7.98. The van der Waals surface area contributed by atoms with Gasteiger partial charge in [-0.25, -0.2) is 38.4 Å². The number of aromatic carboxylic acids is 1. The summed E-state index contributed by atoms with van der Waals surface area (Å²) in [7, 11) is 2.73. The first-order valence-electron chi connectivity index (χ1n) is 46.3. The minimum absolute atomic E-state index is 0. The number of hydrogen-bond donors (Lipinski definition) is 2. The van der Waals surface area contributed by atoms with Crippen LogP contribution >= 0.6 is 15.9 Å². The van der Waals surface area contributed by atoms with Crippen LogP contribution in [-0.4, -0.2) is 223 Å². The maximum Gasteiger partial charge on any atom is 1.00 e. The number of carbonyl (C=O) groups excluding carboxylic acids is 13. The van der Waals surface area contributed by atoms with E-state index in [0.29, 0.717) is 138 Å². The van der Waals surface area contributed by atoms with Crippen molar-refractivity contribution >= 4 is 99.6 Å². The number of amides is 10. The number of piperidine rings is 4. The number of likely N-dealkylation sites (tertiary alicyclic amines) is 4. The van der Waals surface area contributed by atoms with Gasteiger partial charge in [0, 0.05) is 112 Å². The molecule has 0 radical (unpaired) electrons. The van der Waals surface area contributed by atoms with Crippen LogP contribution in [-0.2, 0) is 90.0 Å². The molecule has 4 spiro atoms. The van der Waals surface area contributed by atoms with Crippen LogP contribution in [0.5, 0.6) is 0 Å². The molecule has 0 saturated carbocycles. The number of hydroxylamine groups is 2. The molecule has 3 N–H and O–H groups in total. The summed E-state index contributed by atoms with van der Waals surface area (Å²) in [6.45, 7) is 27.4. The van der Waals surface area contributed by atoms with Gasteiger partial charge < -0.3 is 83.5 Å². The predicted molar refractivity (Wildman–Crippen MR) is 514 cm³/mol. The van der Waals surface area contributed by atoms with Crippen molar-refractivity contribution in [1.29, 1.82) is 0 Å². The molecule has 5 saturated heterocycles. The minimum atomic E-state index is -0.979. The third kappa shape index (κ3) is 24.2. The summed E-state index contributed by atoms with van der Waals surface area (Å²) in [4.78, 5) is 190. The van der Waals surface area contributed by atoms with E-state index in [9.17, 15) is 67.1 Å². The third-order valence-corrected chi connectivity index (χ3v) is 26.4. The van der Waals surface area contributed by atoms with Crippen LogP contribution in [0.2, 0.25) is 0 Å². The molecule has 5 fully saturated rings. The topological polar surface area (TPSA) is 392 Å². The van der Waals surface area contributed by atoms with Gasteiger partial charge in [-0.3, -0.25) is 28.8 Å². The van der Waals surface area contributed by atoms with E-state index < -0.39 is 68.7 Å². The Morgan fingerprint density at radius 3 is 0.886 bits per heavy atom. The fourth-order valence-electron chi connectivity index (χ4n) is 18.9. The van der Waals surface area contributed by atoms with Gasteiger partial charge in [-0.15, -0.1) is 5.06 Å². The van der Waals surface area contributed by atoms with Crippen LogP contribution in [0.15, 0.2) is 194 Å². The van der Waals surface area contributed by atoms with E-state index in [1.54, 1.807) is 92.4 Å². The van der Waals surface area contributed by atoms with E-state index in [-0.39, 0.29) is 108 Å².